The van der Waals surface area contributed by atoms with E-state index in [-0.39, 0.29) is 40.9 Å². The van der Waals surface area contributed by atoms with Crippen molar-refractivity contribution in [3.05, 3.63) is 87.9 Å². The lowest BCUT2D eigenvalue weighted by atomic mass is 9.76. The molecular weight excluding hydrogens is 696 g/mol. The number of carbonyl (C=O) groups excluding carboxylic acids is 2. The smallest absolute Gasteiger partial charge is 0.407 e. The Hall–Kier alpha value is -3.33. The average Bonchev–Trinajstić information content (AvgIpc) is 3.09. The van der Waals surface area contributed by atoms with Crippen LogP contribution >= 0.6 is 23.2 Å². The lowest BCUT2D eigenvalue weighted by molar-refractivity contribution is -0.119. The van der Waals surface area contributed by atoms with Gasteiger partial charge in [-0.3, -0.25) is 9.78 Å². The van der Waals surface area contributed by atoms with Crippen molar-refractivity contribution in [2.24, 2.45) is 5.92 Å². The number of benzene rings is 2. The zero-order valence-electron chi connectivity index (χ0n) is 27.2. The van der Waals surface area contributed by atoms with Crippen LogP contribution in [0.5, 0.6) is 0 Å². The van der Waals surface area contributed by atoms with Gasteiger partial charge in [0.1, 0.15) is 11.9 Å². The van der Waals surface area contributed by atoms with Crippen LogP contribution in [0.3, 0.4) is 0 Å². The summed E-state index contributed by atoms with van der Waals surface area (Å²) in [6.45, 7) is 3.61. The van der Waals surface area contributed by atoms with Gasteiger partial charge in [-0.2, -0.15) is 4.31 Å². The number of piperazine rings is 1. The maximum atomic E-state index is 15.5. The van der Waals surface area contributed by atoms with Crippen molar-refractivity contribution in [2.75, 3.05) is 38.7 Å². The Morgan fingerprint density at radius 1 is 1.06 bits per heavy atom. The summed E-state index contributed by atoms with van der Waals surface area (Å²) in [5, 5.41) is 9.75. The Balaban J connectivity index is 1.42. The molecule has 2 saturated heterocycles. The highest BCUT2D eigenvalue weighted by atomic mass is 35.5. The third kappa shape index (κ3) is 8.89. The Labute approximate surface area is 295 Å². The van der Waals surface area contributed by atoms with E-state index in [0.29, 0.717) is 49.2 Å². The summed E-state index contributed by atoms with van der Waals surface area (Å²) in [4.78, 5) is 30.9. The molecule has 3 heterocycles. The number of amides is 2. The Bertz CT molecular complexity index is 1710. The molecule has 2 aliphatic heterocycles. The van der Waals surface area contributed by atoms with E-state index in [4.69, 9.17) is 32.7 Å². The van der Waals surface area contributed by atoms with Gasteiger partial charge in [0.15, 0.2) is 0 Å². The van der Waals surface area contributed by atoms with Crippen molar-refractivity contribution in [1.29, 1.82) is 0 Å². The molecule has 1 unspecified atom stereocenters. The number of rotatable bonds is 11. The zero-order valence-corrected chi connectivity index (χ0v) is 29.5. The topological polar surface area (TPSA) is 139 Å². The molecule has 1 aromatic heterocycles. The lowest BCUT2D eigenvalue weighted by Gasteiger charge is -2.40. The number of halogens is 3. The van der Waals surface area contributed by atoms with Gasteiger partial charge in [0.05, 0.1) is 30.1 Å². The van der Waals surface area contributed by atoms with Crippen LogP contribution in [-0.4, -0.2) is 81.2 Å². The Morgan fingerprint density at radius 2 is 1.71 bits per heavy atom. The SMILES string of the molecule is COC(=O)N[C@H](C(=O)Nc1cncc(F)c1CC[C@H]1CNC[C@H](C)N1S(=O)(=O)c1ccc(Cl)cc1)C(c1ccc(Cl)cc1)C1CCOCC1. The van der Waals surface area contributed by atoms with Crippen molar-refractivity contribution < 1.29 is 31.9 Å². The molecule has 0 aliphatic carbocycles. The summed E-state index contributed by atoms with van der Waals surface area (Å²) in [7, 11) is -2.70. The van der Waals surface area contributed by atoms with Gasteiger partial charge in [0.25, 0.3) is 0 Å². The molecule has 15 heteroatoms. The summed E-state index contributed by atoms with van der Waals surface area (Å²) in [5.41, 5.74) is 1.06. The second kappa shape index (κ2) is 16.6. The Kier molecular flexibility index (Phi) is 12.5. The number of methoxy groups -OCH3 is 1. The summed E-state index contributed by atoms with van der Waals surface area (Å²) < 4.78 is 55.0. The molecule has 2 fully saturated rings. The van der Waals surface area contributed by atoms with E-state index >= 15 is 4.39 Å². The number of hydrogen-bond acceptors (Lipinski definition) is 8. The first-order valence-electron chi connectivity index (χ1n) is 16.1. The molecule has 4 atom stereocenters. The first-order chi connectivity index (χ1) is 23.5. The minimum absolute atomic E-state index is 0.0395. The van der Waals surface area contributed by atoms with Gasteiger partial charge in [-0.05, 0) is 80.5 Å². The zero-order chi connectivity index (χ0) is 35.1. The van der Waals surface area contributed by atoms with E-state index in [2.05, 4.69) is 20.9 Å². The third-order valence-electron chi connectivity index (χ3n) is 9.12. The molecule has 0 bridgehead atoms. The van der Waals surface area contributed by atoms with E-state index in [1.54, 1.807) is 12.1 Å². The molecule has 2 amide bonds. The maximum Gasteiger partial charge on any atom is 0.407 e. The van der Waals surface area contributed by atoms with Crippen LogP contribution in [-0.2, 0) is 30.7 Å². The van der Waals surface area contributed by atoms with Crippen LogP contribution in [0.1, 0.15) is 43.2 Å². The minimum atomic E-state index is -3.91. The van der Waals surface area contributed by atoms with Crippen LogP contribution in [0.25, 0.3) is 0 Å². The monoisotopic (exact) mass is 735 g/mol. The lowest BCUT2D eigenvalue weighted by Crippen LogP contribution is -2.58. The highest BCUT2D eigenvalue weighted by Gasteiger charge is 2.40. The minimum Gasteiger partial charge on any atom is -0.453 e. The van der Waals surface area contributed by atoms with Crippen molar-refractivity contribution in [3.8, 4) is 0 Å². The number of aromatic nitrogens is 1. The number of carbonyl (C=O) groups is 2. The summed E-state index contributed by atoms with van der Waals surface area (Å²) in [6.07, 6.45) is 3.23. The number of pyridine rings is 1. The number of anilines is 1. The van der Waals surface area contributed by atoms with Gasteiger partial charge < -0.3 is 25.4 Å². The fourth-order valence-electron chi connectivity index (χ4n) is 6.74. The first-order valence-corrected chi connectivity index (χ1v) is 18.3. The molecule has 2 aromatic carbocycles. The quantitative estimate of drug-likeness (QED) is 0.239. The molecular formula is C34H40Cl2FN5O6S. The predicted molar refractivity (Wildman–Crippen MR) is 185 cm³/mol. The Morgan fingerprint density at radius 3 is 2.37 bits per heavy atom. The van der Waals surface area contributed by atoms with Crippen molar-refractivity contribution >= 4 is 50.9 Å². The molecule has 3 N–H and O–H groups in total. The maximum absolute atomic E-state index is 15.5. The molecule has 5 rings (SSSR count). The second-order valence-corrected chi connectivity index (χ2v) is 15.0. The van der Waals surface area contributed by atoms with Crippen molar-refractivity contribution in [1.82, 2.24) is 19.9 Å². The van der Waals surface area contributed by atoms with Crippen LogP contribution < -0.4 is 16.0 Å². The van der Waals surface area contributed by atoms with Gasteiger partial charge in [-0.15, -0.1) is 0 Å². The van der Waals surface area contributed by atoms with Crippen LogP contribution in [0.15, 0.2) is 65.8 Å². The molecule has 0 spiro atoms. The molecule has 0 saturated carbocycles. The number of ether oxygens (including phenoxy) is 2. The van der Waals surface area contributed by atoms with Crippen LogP contribution in [0.2, 0.25) is 10.0 Å². The molecule has 3 aromatic rings. The highest BCUT2D eigenvalue weighted by Crippen LogP contribution is 2.36. The van der Waals surface area contributed by atoms with E-state index in [1.807, 2.05) is 19.1 Å². The summed E-state index contributed by atoms with van der Waals surface area (Å²) >= 11 is 12.2. The van der Waals surface area contributed by atoms with E-state index in [1.165, 1.54) is 41.9 Å². The first kappa shape index (κ1) is 36.9. The van der Waals surface area contributed by atoms with Crippen LogP contribution in [0, 0.1) is 11.7 Å². The summed E-state index contributed by atoms with van der Waals surface area (Å²) in [5.74, 6) is -1.78. The van der Waals surface area contributed by atoms with E-state index < -0.39 is 45.8 Å². The molecule has 49 heavy (non-hydrogen) atoms. The fourth-order valence-corrected chi connectivity index (χ4v) is 8.83. The van der Waals surface area contributed by atoms with Crippen molar-refractivity contribution in [2.45, 2.75) is 61.5 Å². The molecule has 0 radical (unpaired) electrons. The third-order valence-corrected chi connectivity index (χ3v) is 11.7. The van der Waals surface area contributed by atoms with Gasteiger partial charge in [-0.25, -0.2) is 17.6 Å². The number of alkyl carbamates (subject to hydrolysis) is 1. The van der Waals surface area contributed by atoms with Gasteiger partial charge in [-0.1, -0.05) is 35.3 Å². The van der Waals surface area contributed by atoms with Gasteiger partial charge in [0.2, 0.25) is 15.9 Å². The number of hydrogen-bond donors (Lipinski definition) is 3. The highest BCUT2D eigenvalue weighted by molar-refractivity contribution is 7.89. The van der Waals surface area contributed by atoms with Gasteiger partial charge in [0, 0.05) is 59.9 Å². The largest absolute Gasteiger partial charge is 0.453 e. The second-order valence-electron chi connectivity index (χ2n) is 12.3. The fraction of sp³-hybridized carbons (Fsp3) is 0.441. The molecule has 264 valence electrons. The molecule has 11 nitrogen and oxygen atoms in total. The van der Waals surface area contributed by atoms with E-state index in [9.17, 15) is 18.0 Å². The number of sulfonamides is 1. The predicted octanol–water partition coefficient (Wildman–Crippen LogP) is 5.38. The molecule has 2 aliphatic rings. The van der Waals surface area contributed by atoms with Gasteiger partial charge >= 0.3 is 6.09 Å². The standard InChI is InChI=1S/C34H40Cl2FN5O6S/c1-21-17-38-18-26(42(21)49(45,46)27-10-7-25(36)8-11-27)9-12-28-29(37)19-39-20-30(28)40-33(43)32(41-34(44)47-2)31(23-13-15-48-16-14-23)22-3-5-24(35)6-4-22/h3-8,10-11,19-21,23,26,31-32,38H,9,12-18H2,1-2H3,(H,40,43)(H,41,44)/t21-,26-,31?,32-/m0/s1. The van der Waals surface area contributed by atoms with Crippen molar-refractivity contribution in [3.63, 3.8) is 0 Å². The number of nitrogens with zero attached hydrogens (tertiary/aromatic N) is 2. The number of nitrogens with one attached hydrogen (secondary N) is 3. The average molecular weight is 737 g/mol. The van der Waals surface area contributed by atoms with Crippen LogP contribution in [0.4, 0.5) is 14.9 Å². The van der Waals surface area contributed by atoms with E-state index in [0.717, 1.165) is 11.8 Å². The normalized spacial score (nSPS) is 20.3. The summed E-state index contributed by atoms with van der Waals surface area (Å²) in [6, 6.07) is 11.1.